The molecule has 0 aliphatic rings. The molecule has 1 heterocycles. The lowest BCUT2D eigenvalue weighted by atomic mass is 10.1. The Balaban J connectivity index is 1.90. The second kappa shape index (κ2) is 15.6. The minimum absolute atomic E-state index is 0.0484. The van der Waals surface area contributed by atoms with Crippen molar-refractivity contribution < 1.29 is 45.8 Å². The molecule has 0 radical (unpaired) electrons. The molecule has 43 heavy (non-hydrogen) atoms. The Morgan fingerprint density at radius 2 is 1.60 bits per heavy atom. The summed E-state index contributed by atoms with van der Waals surface area (Å²) >= 11 is 0. The van der Waals surface area contributed by atoms with E-state index in [1.54, 1.807) is 30.3 Å². The second-order valence-corrected chi connectivity index (χ2v) is 10.8. The van der Waals surface area contributed by atoms with Crippen LogP contribution >= 0.6 is 7.60 Å². The molecule has 0 unspecified atom stereocenters. The van der Waals surface area contributed by atoms with Crippen LogP contribution in [-0.2, 0) is 35.4 Å². The minimum Gasteiger partial charge on any atom is -0.495 e. The number of para-hydroxylation sites is 1. The summed E-state index contributed by atoms with van der Waals surface area (Å²) in [6.07, 6.45) is -4.24. The Labute approximate surface area is 246 Å². The largest absolute Gasteiger partial charge is 0.495 e. The molecule has 234 valence electrons. The highest BCUT2D eigenvalue weighted by atomic mass is 31.2. The molecule has 3 rings (SSSR count). The standard InChI is InChI=1S/C27H33F3N5O7P/c1-31-25(36)19-7-5-6-8-21(19)33-24-20(27(28,29)30)16-32-26(35-24)34-22-10-9-18(15-23(22)40-4)17-43(37,41-13-11-38-2)42-14-12-39-3/h5-10,15-16H,11-14,17H2,1-4H3,(H,31,36)(H2,32,33,34,35). The summed E-state index contributed by atoms with van der Waals surface area (Å²) in [6.45, 7) is 0.524. The van der Waals surface area contributed by atoms with Gasteiger partial charge in [0.05, 0.1) is 56.6 Å². The molecule has 1 aromatic heterocycles. The van der Waals surface area contributed by atoms with Crippen LogP contribution in [0.4, 0.5) is 36.3 Å². The Hall–Kier alpha value is -3.75. The van der Waals surface area contributed by atoms with Crippen molar-refractivity contribution in [1.29, 1.82) is 0 Å². The van der Waals surface area contributed by atoms with Gasteiger partial charge in [-0.3, -0.25) is 9.36 Å². The van der Waals surface area contributed by atoms with Gasteiger partial charge in [0, 0.05) is 27.5 Å². The van der Waals surface area contributed by atoms with E-state index in [-0.39, 0.29) is 55.5 Å². The van der Waals surface area contributed by atoms with Crippen molar-refractivity contribution >= 4 is 36.6 Å². The summed E-state index contributed by atoms with van der Waals surface area (Å²) < 4.78 is 81.2. The summed E-state index contributed by atoms with van der Waals surface area (Å²) in [6, 6.07) is 10.8. The van der Waals surface area contributed by atoms with E-state index in [2.05, 4.69) is 25.9 Å². The molecule has 0 saturated carbocycles. The SMILES string of the molecule is CNC(=O)c1ccccc1Nc1nc(Nc2ccc(CP(=O)(OCCOC)OCCOC)cc2OC)ncc1C(F)(F)F. The van der Waals surface area contributed by atoms with Gasteiger partial charge in [0.25, 0.3) is 5.91 Å². The fraction of sp³-hybridized carbons (Fsp3) is 0.370. The van der Waals surface area contributed by atoms with Crippen LogP contribution in [0.2, 0.25) is 0 Å². The normalized spacial score (nSPS) is 11.7. The smallest absolute Gasteiger partial charge is 0.421 e. The highest BCUT2D eigenvalue weighted by Gasteiger charge is 2.36. The fourth-order valence-corrected chi connectivity index (χ4v) is 5.33. The van der Waals surface area contributed by atoms with Crippen molar-refractivity contribution in [3.8, 4) is 5.75 Å². The van der Waals surface area contributed by atoms with Crippen LogP contribution in [0.5, 0.6) is 5.75 Å². The van der Waals surface area contributed by atoms with E-state index in [1.807, 2.05) is 0 Å². The van der Waals surface area contributed by atoms with Gasteiger partial charge in [0.15, 0.2) is 0 Å². The van der Waals surface area contributed by atoms with Gasteiger partial charge in [-0.05, 0) is 29.8 Å². The number of carbonyl (C=O) groups excluding carboxylic acids is 1. The van der Waals surface area contributed by atoms with E-state index in [0.29, 0.717) is 17.4 Å². The number of halogens is 3. The van der Waals surface area contributed by atoms with Crippen LogP contribution in [0.1, 0.15) is 21.5 Å². The maximum Gasteiger partial charge on any atom is 0.421 e. The Morgan fingerprint density at radius 1 is 0.930 bits per heavy atom. The van der Waals surface area contributed by atoms with Crippen molar-refractivity contribution in [1.82, 2.24) is 15.3 Å². The zero-order chi connectivity index (χ0) is 31.5. The van der Waals surface area contributed by atoms with E-state index in [9.17, 15) is 22.5 Å². The van der Waals surface area contributed by atoms with E-state index < -0.39 is 31.1 Å². The molecular weight excluding hydrogens is 594 g/mol. The summed E-state index contributed by atoms with van der Waals surface area (Å²) in [5.74, 6) is -0.984. The van der Waals surface area contributed by atoms with Gasteiger partial charge in [0.1, 0.15) is 17.1 Å². The van der Waals surface area contributed by atoms with Crippen LogP contribution in [0.15, 0.2) is 48.7 Å². The number of alkyl halides is 3. The van der Waals surface area contributed by atoms with Crippen molar-refractivity contribution in [2.75, 3.05) is 65.4 Å². The van der Waals surface area contributed by atoms with Crippen molar-refractivity contribution in [3.05, 3.63) is 65.4 Å². The number of anilines is 4. The number of rotatable bonds is 16. The first-order chi connectivity index (χ1) is 20.5. The summed E-state index contributed by atoms with van der Waals surface area (Å²) in [5, 5.41) is 7.91. The van der Waals surface area contributed by atoms with Crippen LogP contribution in [-0.4, -0.2) is 70.7 Å². The topological polar surface area (TPSA) is 142 Å². The number of aromatic nitrogens is 2. The number of amides is 1. The molecule has 0 bridgehead atoms. The first-order valence-electron chi connectivity index (χ1n) is 12.9. The predicted octanol–water partition coefficient (Wildman–Crippen LogP) is 5.37. The maximum absolute atomic E-state index is 13.8. The Kier molecular flexibility index (Phi) is 12.3. The highest BCUT2D eigenvalue weighted by Crippen LogP contribution is 2.52. The van der Waals surface area contributed by atoms with Crippen LogP contribution in [0, 0.1) is 0 Å². The van der Waals surface area contributed by atoms with Gasteiger partial charge < -0.3 is 39.2 Å². The number of nitrogens with zero attached hydrogens (tertiary/aromatic N) is 2. The van der Waals surface area contributed by atoms with Crippen LogP contribution in [0.25, 0.3) is 0 Å². The molecular formula is C27H33F3N5O7P. The van der Waals surface area contributed by atoms with Gasteiger partial charge >= 0.3 is 13.8 Å². The van der Waals surface area contributed by atoms with E-state index in [4.69, 9.17) is 23.3 Å². The number of benzene rings is 2. The number of nitrogens with one attached hydrogen (secondary N) is 3. The number of carbonyl (C=O) groups is 1. The van der Waals surface area contributed by atoms with Gasteiger partial charge in [-0.1, -0.05) is 18.2 Å². The lowest BCUT2D eigenvalue weighted by Gasteiger charge is -2.20. The molecule has 3 N–H and O–H groups in total. The summed E-state index contributed by atoms with van der Waals surface area (Å²) in [5.41, 5.74) is -0.0352. The summed E-state index contributed by atoms with van der Waals surface area (Å²) in [7, 11) is 2.18. The average molecular weight is 628 g/mol. The van der Waals surface area contributed by atoms with Gasteiger partial charge in [0.2, 0.25) is 5.95 Å². The lowest BCUT2D eigenvalue weighted by Crippen LogP contribution is -2.20. The fourth-order valence-electron chi connectivity index (χ4n) is 3.73. The van der Waals surface area contributed by atoms with Crippen LogP contribution < -0.4 is 20.7 Å². The zero-order valence-corrected chi connectivity index (χ0v) is 24.9. The monoisotopic (exact) mass is 627 g/mol. The maximum atomic E-state index is 13.8. The average Bonchev–Trinajstić information content (AvgIpc) is 2.97. The molecule has 0 fully saturated rings. The zero-order valence-electron chi connectivity index (χ0n) is 24.0. The number of hydrogen-bond donors (Lipinski definition) is 3. The third-order valence-electron chi connectivity index (χ3n) is 5.79. The first kappa shape index (κ1) is 33.7. The molecule has 0 saturated heterocycles. The molecule has 0 atom stereocenters. The van der Waals surface area contributed by atoms with Crippen molar-refractivity contribution in [2.24, 2.45) is 0 Å². The molecule has 1 amide bonds. The molecule has 12 nitrogen and oxygen atoms in total. The van der Waals surface area contributed by atoms with E-state index >= 15 is 0 Å². The first-order valence-corrected chi connectivity index (χ1v) is 14.6. The van der Waals surface area contributed by atoms with Gasteiger partial charge in [-0.15, -0.1) is 0 Å². The lowest BCUT2D eigenvalue weighted by molar-refractivity contribution is -0.137. The quantitative estimate of drug-likeness (QED) is 0.139. The van der Waals surface area contributed by atoms with E-state index in [1.165, 1.54) is 40.5 Å². The van der Waals surface area contributed by atoms with Crippen molar-refractivity contribution in [2.45, 2.75) is 12.3 Å². The molecule has 16 heteroatoms. The van der Waals surface area contributed by atoms with Crippen molar-refractivity contribution in [3.63, 3.8) is 0 Å². The number of ether oxygens (including phenoxy) is 3. The van der Waals surface area contributed by atoms with Gasteiger partial charge in [-0.25, -0.2) is 4.98 Å². The molecule has 0 aliphatic carbocycles. The second-order valence-electron chi connectivity index (χ2n) is 8.78. The minimum atomic E-state index is -4.78. The van der Waals surface area contributed by atoms with Crippen LogP contribution in [0.3, 0.4) is 0 Å². The van der Waals surface area contributed by atoms with Gasteiger partial charge in [-0.2, -0.15) is 18.2 Å². The molecule has 0 spiro atoms. The summed E-state index contributed by atoms with van der Waals surface area (Å²) in [4.78, 5) is 20.1. The third-order valence-corrected chi connectivity index (χ3v) is 7.69. The Bertz CT molecular complexity index is 1410. The number of hydrogen-bond acceptors (Lipinski definition) is 11. The van der Waals surface area contributed by atoms with E-state index in [0.717, 1.165) is 0 Å². The molecule has 0 aliphatic heterocycles. The highest BCUT2D eigenvalue weighted by molar-refractivity contribution is 7.53. The predicted molar refractivity (Wildman–Crippen MR) is 153 cm³/mol. The number of methoxy groups -OCH3 is 3. The Morgan fingerprint density at radius 3 is 2.21 bits per heavy atom. The molecule has 3 aromatic rings. The third kappa shape index (κ3) is 9.63. The molecule has 2 aromatic carbocycles.